The summed E-state index contributed by atoms with van der Waals surface area (Å²) in [6, 6.07) is 8.09. The van der Waals surface area contributed by atoms with Crippen molar-refractivity contribution in [3.8, 4) is 11.1 Å². The maximum atomic E-state index is 11.6. The number of carbonyl (C=O) groups is 1. The van der Waals surface area contributed by atoms with Crippen molar-refractivity contribution in [3.63, 3.8) is 0 Å². The molecule has 0 atom stereocenters. The molecule has 1 aromatic heterocycles. The Morgan fingerprint density at radius 3 is 2.82 bits per heavy atom. The van der Waals surface area contributed by atoms with E-state index in [1.807, 2.05) is 30.6 Å². The first-order valence-electron chi connectivity index (χ1n) is 5.39. The van der Waals surface area contributed by atoms with Gasteiger partial charge in [-0.25, -0.2) is 0 Å². The van der Waals surface area contributed by atoms with Gasteiger partial charge in [0.15, 0.2) is 0 Å². The van der Waals surface area contributed by atoms with Crippen molar-refractivity contribution in [3.05, 3.63) is 35.2 Å². The lowest BCUT2D eigenvalue weighted by atomic mass is 10.0. The number of hydrogen-bond donors (Lipinski definition) is 1. The lowest BCUT2D eigenvalue weighted by Gasteiger charge is -2.10. The standard InChI is InChI=1S/C13H12N2OS/c1-15-11-3-2-8(4-9(11)6-13(15)16)10-5-12(14)17-7-10/h2-5,7H,6,14H2,1H3. The number of rotatable bonds is 1. The summed E-state index contributed by atoms with van der Waals surface area (Å²) in [5.74, 6) is 0.155. The molecule has 0 spiro atoms. The smallest absolute Gasteiger partial charge is 0.231 e. The second kappa shape index (κ2) is 3.60. The summed E-state index contributed by atoms with van der Waals surface area (Å²) in [7, 11) is 1.82. The van der Waals surface area contributed by atoms with Crippen LogP contribution in [0.3, 0.4) is 0 Å². The van der Waals surface area contributed by atoms with Gasteiger partial charge >= 0.3 is 0 Å². The van der Waals surface area contributed by atoms with Crippen molar-refractivity contribution in [1.29, 1.82) is 0 Å². The minimum atomic E-state index is 0.155. The van der Waals surface area contributed by atoms with Crippen LogP contribution in [0.4, 0.5) is 10.7 Å². The van der Waals surface area contributed by atoms with E-state index in [1.54, 1.807) is 4.90 Å². The normalized spacial score (nSPS) is 14.2. The van der Waals surface area contributed by atoms with Crippen molar-refractivity contribution in [1.82, 2.24) is 0 Å². The van der Waals surface area contributed by atoms with Gasteiger partial charge in [0.2, 0.25) is 5.91 Å². The van der Waals surface area contributed by atoms with Gasteiger partial charge in [0.1, 0.15) is 0 Å². The molecule has 3 nitrogen and oxygen atoms in total. The third-order valence-corrected chi connectivity index (χ3v) is 3.87. The number of carbonyl (C=O) groups excluding carboxylic acids is 1. The minimum absolute atomic E-state index is 0.155. The topological polar surface area (TPSA) is 46.3 Å². The van der Waals surface area contributed by atoms with Crippen LogP contribution < -0.4 is 10.6 Å². The van der Waals surface area contributed by atoms with E-state index in [2.05, 4.69) is 6.07 Å². The number of fused-ring (bicyclic) bond motifs is 1. The summed E-state index contributed by atoms with van der Waals surface area (Å²) >= 11 is 1.53. The zero-order chi connectivity index (χ0) is 12.0. The lowest BCUT2D eigenvalue weighted by molar-refractivity contribution is -0.117. The Morgan fingerprint density at radius 1 is 1.29 bits per heavy atom. The SMILES string of the molecule is CN1C(=O)Cc2cc(-c3csc(N)c3)ccc21. The zero-order valence-electron chi connectivity index (χ0n) is 9.43. The average Bonchev–Trinajstić information content (AvgIpc) is 2.85. The van der Waals surface area contributed by atoms with Crippen LogP contribution in [0.1, 0.15) is 5.56 Å². The molecule has 0 fully saturated rings. The summed E-state index contributed by atoms with van der Waals surface area (Å²) in [5.41, 5.74) is 10.1. The number of amides is 1. The molecule has 1 aliphatic rings. The van der Waals surface area contributed by atoms with E-state index in [-0.39, 0.29) is 5.91 Å². The second-order valence-corrected chi connectivity index (χ2v) is 5.15. The Balaban J connectivity index is 2.06. The molecule has 1 amide bonds. The molecular weight excluding hydrogens is 232 g/mol. The van der Waals surface area contributed by atoms with Gasteiger partial charge in [-0.1, -0.05) is 6.07 Å². The minimum Gasteiger partial charge on any atom is -0.391 e. The number of anilines is 2. The van der Waals surface area contributed by atoms with Gasteiger partial charge in [-0.05, 0) is 34.9 Å². The van der Waals surface area contributed by atoms with Gasteiger partial charge < -0.3 is 10.6 Å². The van der Waals surface area contributed by atoms with E-state index in [1.165, 1.54) is 11.3 Å². The molecule has 2 heterocycles. The van der Waals surface area contributed by atoms with E-state index in [9.17, 15) is 4.79 Å². The Hall–Kier alpha value is -1.81. The molecule has 86 valence electrons. The molecule has 3 rings (SSSR count). The Labute approximate surface area is 103 Å². The van der Waals surface area contributed by atoms with Crippen molar-refractivity contribution in [2.24, 2.45) is 0 Å². The number of thiophene rings is 1. The highest BCUT2D eigenvalue weighted by Crippen LogP contribution is 2.33. The largest absolute Gasteiger partial charge is 0.391 e. The first kappa shape index (κ1) is 10.4. The number of likely N-dealkylation sites (N-methyl/N-ethyl adjacent to an activating group) is 1. The molecule has 2 N–H and O–H groups in total. The molecule has 2 aromatic rings. The molecular formula is C13H12N2OS. The van der Waals surface area contributed by atoms with Gasteiger partial charge in [0.25, 0.3) is 0 Å². The van der Waals surface area contributed by atoms with Crippen LogP contribution in [0.15, 0.2) is 29.6 Å². The van der Waals surface area contributed by atoms with Gasteiger partial charge in [0, 0.05) is 18.1 Å². The highest BCUT2D eigenvalue weighted by molar-refractivity contribution is 7.14. The van der Waals surface area contributed by atoms with Gasteiger partial charge in [-0.15, -0.1) is 11.3 Å². The van der Waals surface area contributed by atoms with E-state index >= 15 is 0 Å². The average molecular weight is 244 g/mol. The highest BCUT2D eigenvalue weighted by Gasteiger charge is 2.23. The third-order valence-electron chi connectivity index (χ3n) is 3.11. The van der Waals surface area contributed by atoms with Crippen LogP contribution in [-0.4, -0.2) is 13.0 Å². The van der Waals surface area contributed by atoms with Crippen LogP contribution >= 0.6 is 11.3 Å². The fraction of sp³-hybridized carbons (Fsp3) is 0.154. The quantitative estimate of drug-likeness (QED) is 0.837. The van der Waals surface area contributed by atoms with Gasteiger partial charge in [0.05, 0.1) is 11.4 Å². The number of nitrogen functional groups attached to an aromatic ring is 1. The van der Waals surface area contributed by atoms with Crippen LogP contribution in [0.2, 0.25) is 0 Å². The van der Waals surface area contributed by atoms with Crippen LogP contribution in [-0.2, 0) is 11.2 Å². The Morgan fingerprint density at radius 2 is 2.12 bits per heavy atom. The summed E-state index contributed by atoms with van der Waals surface area (Å²) < 4.78 is 0. The molecule has 1 aromatic carbocycles. The van der Waals surface area contributed by atoms with Crippen LogP contribution in [0, 0.1) is 0 Å². The molecule has 0 bridgehead atoms. The van der Waals surface area contributed by atoms with Crippen LogP contribution in [0.25, 0.3) is 11.1 Å². The van der Waals surface area contributed by atoms with E-state index < -0.39 is 0 Å². The molecule has 0 saturated carbocycles. The molecule has 1 aliphatic heterocycles. The van der Waals surface area contributed by atoms with Crippen molar-refractivity contribution < 1.29 is 4.79 Å². The van der Waals surface area contributed by atoms with E-state index in [0.717, 1.165) is 27.4 Å². The molecule has 4 heteroatoms. The molecule has 0 saturated heterocycles. The van der Waals surface area contributed by atoms with Gasteiger partial charge in [-0.3, -0.25) is 4.79 Å². The third kappa shape index (κ3) is 1.61. The monoisotopic (exact) mass is 244 g/mol. The lowest BCUT2D eigenvalue weighted by Crippen LogP contribution is -2.20. The Kier molecular flexibility index (Phi) is 2.19. The van der Waals surface area contributed by atoms with E-state index in [4.69, 9.17) is 5.73 Å². The number of nitrogens with zero attached hydrogens (tertiary/aromatic N) is 1. The first-order valence-corrected chi connectivity index (χ1v) is 6.27. The van der Waals surface area contributed by atoms with Gasteiger partial charge in [-0.2, -0.15) is 0 Å². The summed E-state index contributed by atoms with van der Waals surface area (Å²) in [4.78, 5) is 13.3. The second-order valence-electron chi connectivity index (χ2n) is 4.21. The zero-order valence-corrected chi connectivity index (χ0v) is 10.3. The Bertz CT molecular complexity index is 603. The molecule has 0 unspecified atom stereocenters. The molecule has 0 aliphatic carbocycles. The molecule has 0 radical (unpaired) electrons. The summed E-state index contributed by atoms with van der Waals surface area (Å²) in [6.45, 7) is 0. The van der Waals surface area contributed by atoms with Crippen molar-refractivity contribution >= 4 is 27.9 Å². The highest BCUT2D eigenvalue weighted by atomic mass is 32.1. The van der Waals surface area contributed by atoms with Crippen molar-refractivity contribution in [2.45, 2.75) is 6.42 Å². The fourth-order valence-electron chi connectivity index (χ4n) is 2.15. The van der Waals surface area contributed by atoms with Crippen LogP contribution in [0.5, 0.6) is 0 Å². The first-order chi connectivity index (χ1) is 8.15. The predicted octanol–water partition coefficient (Wildman–Crippen LogP) is 2.52. The van der Waals surface area contributed by atoms with E-state index in [0.29, 0.717) is 6.42 Å². The number of benzene rings is 1. The maximum Gasteiger partial charge on any atom is 0.231 e. The predicted molar refractivity (Wildman–Crippen MR) is 71.3 cm³/mol. The summed E-state index contributed by atoms with van der Waals surface area (Å²) in [5, 5.41) is 2.85. The maximum absolute atomic E-state index is 11.6. The summed E-state index contributed by atoms with van der Waals surface area (Å²) in [6.07, 6.45) is 0.499. The van der Waals surface area contributed by atoms with Crippen molar-refractivity contribution in [2.75, 3.05) is 17.7 Å². The number of hydrogen-bond acceptors (Lipinski definition) is 3. The fourth-order valence-corrected chi connectivity index (χ4v) is 2.82. The number of nitrogens with two attached hydrogens (primary N) is 1. The molecule has 17 heavy (non-hydrogen) atoms.